The summed E-state index contributed by atoms with van der Waals surface area (Å²) < 4.78 is 4.82. The molecule has 1 saturated carbocycles. The SMILES string of the molecule is COC(=O)c1ccccc1NC1CCC(C)(C)CC1. The highest BCUT2D eigenvalue weighted by Gasteiger charge is 2.27. The van der Waals surface area contributed by atoms with Gasteiger partial charge in [0, 0.05) is 11.7 Å². The molecule has 0 atom stereocenters. The second-order valence-electron chi connectivity index (χ2n) is 6.12. The van der Waals surface area contributed by atoms with Gasteiger partial charge in [0.25, 0.3) is 0 Å². The van der Waals surface area contributed by atoms with Crippen molar-refractivity contribution in [3.8, 4) is 0 Å². The first-order valence-electron chi connectivity index (χ1n) is 6.96. The molecule has 0 saturated heterocycles. The van der Waals surface area contributed by atoms with Crippen LogP contribution in [0.2, 0.25) is 0 Å². The Kier molecular flexibility index (Phi) is 4.13. The number of carbonyl (C=O) groups is 1. The van der Waals surface area contributed by atoms with E-state index in [1.165, 1.54) is 20.0 Å². The number of para-hydroxylation sites is 1. The number of hydrogen-bond donors (Lipinski definition) is 1. The van der Waals surface area contributed by atoms with Crippen LogP contribution in [0.3, 0.4) is 0 Å². The quantitative estimate of drug-likeness (QED) is 0.840. The van der Waals surface area contributed by atoms with Crippen molar-refractivity contribution < 1.29 is 9.53 Å². The summed E-state index contributed by atoms with van der Waals surface area (Å²) >= 11 is 0. The monoisotopic (exact) mass is 261 g/mol. The van der Waals surface area contributed by atoms with Gasteiger partial charge in [0.1, 0.15) is 0 Å². The molecule has 0 heterocycles. The minimum atomic E-state index is -0.278. The Hall–Kier alpha value is -1.51. The maximum atomic E-state index is 11.7. The van der Waals surface area contributed by atoms with Crippen molar-refractivity contribution in [3.05, 3.63) is 29.8 Å². The Balaban J connectivity index is 2.06. The molecule has 104 valence electrons. The van der Waals surface area contributed by atoms with Crippen molar-refractivity contribution in [2.75, 3.05) is 12.4 Å². The highest BCUT2D eigenvalue weighted by atomic mass is 16.5. The van der Waals surface area contributed by atoms with E-state index in [4.69, 9.17) is 4.74 Å². The van der Waals surface area contributed by atoms with Crippen LogP contribution in [-0.2, 0) is 4.74 Å². The van der Waals surface area contributed by atoms with E-state index in [0.717, 1.165) is 18.5 Å². The van der Waals surface area contributed by atoms with E-state index < -0.39 is 0 Å². The lowest BCUT2D eigenvalue weighted by atomic mass is 9.75. The van der Waals surface area contributed by atoms with Gasteiger partial charge < -0.3 is 10.1 Å². The predicted molar refractivity (Wildman–Crippen MR) is 77.4 cm³/mol. The zero-order chi connectivity index (χ0) is 13.9. The predicted octanol–water partition coefficient (Wildman–Crippen LogP) is 3.85. The standard InChI is InChI=1S/C16H23NO2/c1-16(2)10-8-12(9-11-16)17-14-7-5-4-6-13(14)15(18)19-3/h4-7,12,17H,8-11H2,1-3H3. The average molecular weight is 261 g/mol. The van der Waals surface area contributed by atoms with Gasteiger partial charge in [-0.2, -0.15) is 0 Å². The van der Waals surface area contributed by atoms with Gasteiger partial charge in [-0.3, -0.25) is 0 Å². The number of nitrogens with one attached hydrogen (secondary N) is 1. The van der Waals surface area contributed by atoms with Crippen LogP contribution in [0, 0.1) is 5.41 Å². The van der Waals surface area contributed by atoms with E-state index in [9.17, 15) is 4.79 Å². The minimum absolute atomic E-state index is 0.278. The van der Waals surface area contributed by atoms with E-state index in [2.05, 4.69) is 19.2 Å². The third-order valence-corrected chi connectivity index (χ3v) is 4.03. The Labute approximate surface area is 115 Å². The van der Waals surface area contributed by atoms with Gasteiger partial charge >= 0.3 is 5.97 Å². The van der Waals surface area contributed by atoms with Gasteiger partial charge in [0.2, 0.25) is 0 Å². The fourth-order valence-electron chi connectivity index (χ4n) is 2.66. The normalized spacial score (nSPS) is 18.9. The first kappa shape index (κ1) is 13.9. The summed E-state index contributed by atoms with van der Waals surface area (Å²) in [6.45, 7) is 4.65. The van der Waals surface area contributed by atoms with Crippen LogP contribution in [0.25, 0.3) is 0 Å². The number of esters is 1. The Morgan fingerprint density at radius 2 is 1.89 bits per heavy atom. The fourth-order valence-corrected chi connectivity index (χ4v) is 2.66. The van der Waals surface area contributed by atoms with Crippen LogP contribution in [-0.4, -0.2) is 19.1 Å². The molecule has 3 nitrogen and oxygen atoms in total. The molecular formula is C16H23NO2. The first-order valence-corrected chi connectivity index (χ1v) is 6.96. The zero-order valence-corrected chi connectivity index (χ0v) is 12.0. The summed E-state index contributed by atoms with van der Waals surface area (Å²) in [7, 11) is 1.42. The molecule has 19 heavy (non-hydrogen) atoms. The van der Waals surface area contributed by atoms with Crippen molar-refractivity contribution in [3.63, 3.8) is 0 Å². The van der Waals surface area contributed by atoms with Crippen LogP contribution >= 0.6 is 0 Å². The summed E-state index contributed by atoms with van der Waals surface area (Å²) in [6, 6.07) is 8.02. The van der Waals surface area contributed by atoms with Gasteiger partial charge in [-0.25, -0.2) is 4.79 Å². The van der Waals surface area contributed by atoms with Gasteiger partial charge in [0.05, 0.1) is 12.7 Å². The molecule has 0 amide bonds. The number of hydrogen-bond acceptors (Lipinski definition) is 3. The van der Waals surface area contributed by atoms with Crippen LogP contribution < -0.4 is 5.32 Å². The topological polar surface area (TPSA) is 38.3 Å². The molecule has 0 bridgehead atoms. The molecule has 1 aliphatic carbocycles. The highest BCUT2D eigenvalue weighted by molar-refractivity contribution is 5.95. The molecule has 0 aliphatic heterocycles. The van der Waals surface area contributed by atoms with E-state index in [-0.39, 0.29) is 5.97 Å². The van der Waals surface area contributed by atoms with Gasteiger partial charge in [-0.05, 0) is 43.2 Å². The number of methoxy groups -OCH3 is 1. The molecule has 0 spiro atoms. The summed E-state index contributed by atoms with van der Waals surface area (Å²) in [5, 5.41) is 3.50. The number of carbonyl (C=O) groups excluding carboxylic acids is 1. The van der Waals surface area contributed by atoms with Crippen molar-refractivity contribution in [2.45, 2.75) is 45.6 Å². The van der Waals surface area contributed by atoms with E-state index in [1.807, 2.05) is 18.2 Å². The fraction of sp³-hybridized carbons (Fsp3) is 0.562. The number of rotatable bonds is 3. The maximum absolute atomic E-state index is 11.7. The molecule has 0 radical (unpaired) electrons. The second-order valence-corrected chi connectivity index (χ2v) is 6.12. The summed E-state index contributed by atoms with van der Waals surface area (Å²) in [5.41, 5.74) is 1.97. The van der Waals surface area contributed by atoms with Gasteiger partial charge in [0.15, 0.2) is 0 Å². The Morgan fingerprint density at radius 3 is 2.53 bits per heavy atom. The van der Waals surface area contributed by atoms with Gasteiger partial charge in [-0.15, -0.1) is 0 Å². The number of benzene rings is 1. The summed E-state index contributed by atoms with van der Waals surface area (Å²) in [5.74, 6) is -0.278. The molecule has 1 fully saturated rings. The Bertz CT molecular complexity index is 444. The zero-order valence-electron chi connectivity index (χ0n) is 12.0. The largest absolute Gasteiger partial charge is 0.465 e. The highest BCUT2D eigenvalue weighted by Crippen LogP contribution is 2.36. The average Bonchev–Trinajstić information content (AvgIpc) is 2.41. The van der Waals surface area contributed by atoms with Crippen LogP contribution in [0.15, 0.2) is 24.3 Å². The molecule has 2 rings (SSSR count). The van der Waals surface area contributed by atoms with Crippen molar-refractivity contribution >= 4 is 11.7 Å². The van der Waals surface area contributed by atoms with Crippen molar-refractivity contribution in [2.24, 2.45) is 5.41 Å². The molecule has 1 aliphatic rings. The van der Waals surface area contributed by atoms with Crippen LogP contribution in [0.4, 0.5) is 5.69 Å². The molecule has 1 aromatic rings. The van der Waals surface area contributed by atoms with Crippen LogP contribution in [0.1, 0.15) is 49.9 Å². The second kappa shape index (κ2) is 5.64. The van der Waals surface area contributed by atoms with Gasteiger partial charge in [-0.1, -0.05) is 26.0 Å². The third kappa shape index (κ3) is 3.49. The molecule has 1 aromatic carbocycles. The third-order valence-electron chi connectivity index (χ3n) is 4.03. The van der Waals surface area contributed by atoms with Crippen molar-refractivity contribution in [1.82, 2.24) is 0 Å². The van der Waals surface area contributed by atoms with E-state index in [1.54, 1.807) is 6.07 Å². The smallest absolute Gasteiger partial charge is 0.339 e. The lowest BCUT2D eigenvalue weighted by molar-refractivity contribution is 0.0601. The number of anilines is 1. The summed E-state index contributed by atoms with van der Waals surface area (Å²) in [4.78, 5) is 11.7. The van der Waals surface area contributed by atoms with E-state index in [0.29, 0.717) is 17.0 Å². The maximum Gasteiger partial charge on any atom is 0.339 e. The lowest BCUT2D eigenvalue weighted by Gasteiger charge is -2.35. The number of ether oxygens (including phenoxy) is 1. The molecular weight excluding hydrogens is 238 g/mol. The van der Waals surface area contributed by atoms with Crippen molar-refractivity contribution in [1.29, 1.82) is 0 Å². The Morgan fingerprint density at radius 1 is 1.26 bits per heavy atom. The minimum Gasteiger partial charge on any atom is -0.465 e. The molecule has 0 aromatic heterocycles. The summed E-state index contributed by atoms with van der Waals surface area (Å²) in [6.07, 6.45) is 4.77. The van der Waals surface area contributed by atoms with Crippen LogP contribution in [0.5, 0.6) is 0 Å². The first-order chi connectivity index (χ1) is 9.02. The molecule has 3 heteroatoms. The molecule has 1 N–H and O–H groups in total. The molecule has 0 unspecified atom stereocenters. The van der Waals surface area contributed by atoms with E-state index >= 15 is 0 Å². The lowest BCUT2D eigenvalue weighted by Crippen LogP contribution is -2.30.